The predicted molar refractivity (Wildman–Crippen MR) is 107 cm³/mol. The van der Waals surface area contributed by atoms with Crippen molar-refractivity contribution < 1.29 is 4.39 Å². The molecule has 0 amide bonds. The number of benzene rings is 1. The minimum atomic E-state index is -0.404. The summed E-state index contributed by atoms with van der Waals surface area (Å²) in [6.45, 7) is 2.00. The Labute approximate surface area is 162 Å². The molecule has 1 aromatic carbocycles. The predicted octanol–water partition coefficient (Wildman–Crippen LogP) is 5.43. The summed E-state index contributed by atoms with van der Waals surface area (Å²) in [5.74, 6) is -0.404. The molecule has 0 bridgehead atoms. The number of pyridine rings is 2. The molecular formula is C22H19ClFN3. The van der Waals surface area contributed by atoms with Gasteiger partial charge < -0.3 is 4.98 Å². The maximum absolute atomic E-state index is 14.5. The molecule has 27 heavy (non-hydrogen) atoms. The zero-order chi connectivity index (χ0) is 18.8. The molecule has 0 fully saturated rings. The third-order valence-electron chi connectivity index (χ3n) is 4.70. The van der Waals surface area contributed by atoms with Crippen molar-refractivity contribution in [2.45, 2.75) is 26.2 Å². The van der Waals surface area contributed by atoms with Crippen LogP contribution in [0.2, 0.25) is 5.02 Å². The van der Waals surface area contributed by atoms with Crippen LogP contribution in [-0.4, -0.2) is 15.0 Å². The van der Waals surface area contributed by atoms with Gasteiger partial charge in [-0.15, -0.1) is 0 Å². The summed E-state index contributed by atoms with van der Waals surface area (Å²) in [6.07, 6.45) is 5.69. The largest absolute Gasteiger partial charge is 0.346 e. The number of nitrogens with zero attached hydrogens (tertiary/aromatic N) is 2. The van der Waals surface area contributed by atoms with E-state index in [-0.39, 0.29) is 0 Å². The van der Waals surface area contributed by atoms with Crippen LogP contribution in [0.3, 0.4) is 0 Å². The van der Waals surface area contributed by atoms with Crippen LogP contribution >= 0.6 is 11.6 Å². The van der Waals surface area contributed by atoms with Crippen molar-refractivity contribution in [2.75, 3.05) is 0 Å². The van der Waals surface area contributed by atoms with Gasteiger partial charge in [0.25, 0.3) is 0 Å². The quantitative estimate of drug-likeness (QED) is 0.469. The number of hydrogen-bond acceptors (Lipinski definition) is 2. The first-order valence-electron chi connectivity index (χ1n) is 8.90. The Bertz CT molecular complexity index is 1090. The van der Waals surface area contributed by atoms with Crippen LogP contribution in [0.15, 0.2) is 54.9 Å². The Balaban J connectivity index is 1.49. The lowest BCUT2D eigenvalue weighted by atomic mass is 10.0. The summed E-state index contributed by atoms with van der Waals surface area (Å²) in [4.78, 5) is 11.7. The second-order valence-corrected chi connectivity index (χ2v) is 7.21. The summed E-state index contributed by atoms with van der Waals surface area (Å²) < 4.78 is 14.5. The lowest BCUT2D eigenvalue weighted by Crippen LogP contribution is -2.01. The first-order chi connectivity index (χ1) is 13.1. The van der Waals surface area contributed by atoms with E-state index in [1.165, 1.54) is 0 Å². The number of rotatable bonds is 5. The van der Waals surface area contributed by atoms with Gasteiger partial charge in [0.15, 0.2) is 0 Å². The van der Waals surface area contributed by atoms with Gasteiger partial charge in [0, 0.05) is 40.5 Å². The molecule has 0 saturated carbocycles. The number of aryl methyl sites for hydroxylation is 3. The van der Waals surface area contributed by atoms with Crippen molar-refractivity contribution >= 4 is 22.6 Å². The molecule has 0 aliphatic carbocycles. The second-order valence-electron chi connectivity index (χ2n) is 6.78. The lowest BCUT2D eigenvalue weighted by Gasteiger charge is -2.06. The Kier molecular flexibility index (Phi) is 4.90. The lowest BCUT2D eigenvalue weighted by molar-refractivity contribution is 0.563. The monoisotopic (exact) mass is 379 g/mol. The summed E-state index contributed by atoms with van der Waals surface area (Å²) in [6, 6.07) is 13.5. The number of fused-ring (bicyclic) bond motifs is 1. The van der Waals surface area contributed by atoms with E-state index in [1.807, 2.05) is 55.7 Å². The van der Waals surface area contributed by atoms with Crippen molar-refractivity contribution in [1.29, 1.82) is 0 Å². The minimum Gasteiger partial charge on any atom is -0.346 e. The summed E-state index contributed by atoms with van der Waals surface area (Å²) in [5.41, 5.74) is 5.43. The van der Waals surface area contributed by atoms with Crippen molar-refractivity contribution in [3.05, 3.63) is 93.8 Å². The highest BCUT2D eigenvalue weighted by molar-refractivity contribution is 6.30. The van der Waals surface area contributed by atoms with Crippen molar-refractivity contribution in [1.82, 2.24) is 15.0 Å². The minimum absolute atomic E-state index is 0.404. The summed E-state index contributed by atoms with van der Waals surface area (Å²) >= 11 is 5.90. The summed E-state index contributed by atoms with van der Waals surface area (Å²) in [5, 5.41) is 1.75. The molecular weight excluding hydrogens is 361 g/mol. The molecule has 3 aromatic heterocycles. The number of nitrogens with one attached hydrogen (secondary N) is 1. The molecule has 1 N–H and O–H groups in total. The van der Waals surface area contributed by atoms with Crippen LogP contribution in [0.4, 0.5) is 4.39 Å². The highest BCUT2D eigenvalue weighted by Gasteiger charge is 2.11. The third kappa shape index (κ3) is 4.01. The molecule has 3 heterocycles. The Hall–Kier alpha value is -2.72. The molecule has 0 atom stereocenters. The van der Waals surface area contributed by atoms with Crippen LogP contribution < -0.4 is 0 Å². The smallest absolute Gasteiger partial charge is 0.216 e. The van der Waals surface area contributed by atoms with E-state index >= 15 is 0 Å². The Morgan fingerprint density at radius 1 is 1.04 bits per heavy atom. The fourth-order valence-corrected chi connectivity index (χ4v) is 3.33. The first kappa shape index (κ1) is 17.7. The average Bonchev–Trinajstić information content (AvgIpc) is 3.05. The van der Waals surface area contributed by atoms with Gasteiger partial charge >= 0.3 is 0 Å². The van der Waals surface area contributed by atoms with Gasteiger partial charge in [-0.1, -0.05) is 29.8 Å². The molecule has 0 aliphatic rings. The van der Waals surface area contributed by atoms with Gasteiger partial charge in [-0.05, 0) is 60.7 Å². The fourth-order valence-electron chi connectivity index (χ4n) is 3.21. The van der Waals surface area contributed by atoms with E-state index in [9.17, 15) is 4.39 Å². The maximum Gasteiger partial charge on any atom is 0.216 e. The molecule has 0 saturated heterocycles. The molecule has 4 rings (SSSR count). The number of halogens is 2. The molecule has 5 heteroatoms. The van der Waals surface area contributed by atoms with E-state index in [2.05, 4.69) is 21.0 Å². The third-order valence-corrected chi connectivity index (χ3v) is 4.95. The van der Waals surface area contributed by atoms with E-state index in [4.69, 9.17) is 11.6 Å². The first-order valence-corrected chi connectivity index (χ1v) is 9.27. The normalized spacial score (nSPS) is 11.2. The molecule has 3 nitrogen and oxygen atoms in total. The highest BCUT2D eigenvalue weighted by atomic mass is 35.5. The molecule has 0 radical (unpaired) electrons. The molecule has 0 spiro atoms. The van der Waals surface area contributed by atoms with Gasteiger partial charge in [-0.3, -0.25) is 0 Å². The van der Waals surface area contributed by atoms with E-state index in [0.29, 0.717) is 18.4 Å². The maximum atomic E-state index is 14.5. The van der Waals surface area contributed by atoms with Gasteiger partial charge in [-0.25, -0.2) is 9.97 Å². The van der Waals surface area contributed by atoms with Crippen molar-refractivity contribution in [3.63, 3.8) is 0 Å². The highest BCUT2D eigenvalue weighted by Crippen LogP contribution is 2.22. The van der Waals surface area contributed by atoms with Crippen LogP contribution in [-0.2, 0) is 19.3 Å². The second kappa shape index (κ2) is 7.49. The Morgan fingerprint density at radius 2 is 1.85 bits per heavy atom. The molecule has 0 aliphatic heterocycles. The SMILES string of the molecule is Cc1cnc2[nH]cc(Cc3ccc(CCc4ccc(Cl)cc4)nc3F)c2c1. The van der Waals surface area contributed by atoms with Crippen molar-refractivity contribution in [3.8, 4) is 0 Å². The van der Waals surface area contributed by atoms with E-state index < -0.39 is 5.95 Å². The van der Waals surface area contributed by atoms with Gasteiger partial charge in [0.05, 0.1) is 0 Å². The molecule has 136 valence electrons. The van der Waals surface area contributed by atoms with Crippen LogP contribution in [0.5, 0.6) is 0 Å². The van der Waals surface area contributed by atoms with Crippen LogP contribution in [0.25, 0.3) is 11.0 Å². The van der Waals surface area contributed by atoms with Gasteiger partial charge in [0.2, 0.25) is 5.95 Å². The fraction of sp³-hybridized carbons (Fsp3) is 0.182. The zero-order valence-corrected chi connectivity index (χ0v) is 15.7. The van der Waals surface area contributed by atoms with Crippen molar-refractivity contribution in [2.24, 2.45) is 0 Å². The van der Waals surface area contributed by atoms with Gasteiger partial charge in [-0.2, -0.15) is 4.39 Å². The number of H-pyrrole nitrogens is 1. The number of aromatic nitrogens is 3. The standard InChI is InChI=1S/C22H19ClFN3/c1-14-10-20-17(13-26-22(20)25-12-14)11-16-5-9-19(27-21(16)24)8-4-15-2-6-18(23)7-3-15/h2-3,5-7,9-10,12-13H,4,8,11H2,1H3,(H,25,26). The van der Waals surface area contributed by atoms with E-state index in [0.717, 1.165) is 44.9 Å². The topological polar surface area (TPSA) is 41.6 Å². The van der Waals surface area contributed by atoms with Gasteiger partial charge in [0.1, 0.15) is 5.65 Å². The van der Waals surface area contributed by atoms with Crippen LogP contribution in [0.1, 0.15) is 27.9 Å². The number of hydrogen-bond donors (Lipinski definition) is 1. The zero-order valence-electron chi connectivity index (χ0n) is 15.0. The van der Waals surface area contributed by atoms with Crippen LogP contribution in [0, 0.1) is 12.9 Å². The number of aromatic amines is 1. The summed E-state index contributed by atoms with van der Waals surface area (Å²) in [7, 11) is 0. The van der Waals surface area contributed by atoms with E-state index in [1.54, 1.807) is 0 Å². The average molecular weight is 380 g/mol. The molecule has 0 unspecified atom stereocenters. The molecule has 4 aromatic rings. The Morgan fingerprint density at radius 3 is 2.63 bits per heavy atom.